The molecule has 3 rings (SSSR count). The Labute approximate surface area is 162 Å². The monoisotopic (exact) mass is 438 g/mol. The van der Waals surface area contributed by atoms with Crippen molar-refractivity contribution in [3.63, 3.8) is 0 Å². The summed E-state index contributed by atoms with van der Waals surface area (Å²) >= 11 is 2.31. The molecule has 124 valence electrons. The van der Waals surface area contributed by atoms with Crippen molar-refractivity contribution in [1.29, 1.82) is 0 Å². The number of hydrogen-bond donors (Lipinski definition) is 0. The van der Waals surface area contributed by atoms with E-state index in [1.807, 2.05) is 31.2 Å². The van der Waals surface area contributed by atoms with Crippen LogP contribution in [0.5, 0.6) is 0 Å². The van der Waals surface area contributed by atoms with Crippen LogP contribution in [0, 0.1) is 10.5 Å². The van der Waals surface area contributed by atoms with Crippen molar-refractivity contribution in [3.05, 3.63) is 92.6 Å². The smallest absolute Gasteiger partial charge is 0.160 e. The lowest BCUT2D eigenvalue weighted by atomic mass is 9.92. The summed E-state index contributed by atoms with van der Waals surface area (Å²) in [5, 5.41) is 0. The molecule has 0 aliphatic carbocycles. The molecule has 0 aliphatic heterocycles. The number of benzene rings is 3. The van der Waals surface area contributed by atoms with Gasteiger partial charge in [0.2, 0.25) is 0 Å². The summed E-state index contributed by atoms with van der Waals surface area (Å²) in [7, 11) is 0. The van der Waals surface area contributed by atoms with Gasteiger partial charge in [0.05, 0.1) is 0 Å². The Balaban J connectivity index is 2.09. The van der Waals surface area contributed by atoms with Crippen LogP contribution >= 0.6 is 22.6 Å². The zero-order valence-corrected chi connectivity index (χ0v) is 16.4. The largest absolute Gasteiger partial charge is 0.294 e. The number of carbonyl (C=O) groups excluding carboxylic acids is 1. The third kappa shape index (κ3) is 4.26. The fraction of sp³-hybridized carbons (Fsp3) is 0.0870. The highest BCUT2D eigenvalue weighted by Crippen LogP contribution is 2.28. The van der Waals surface area contributed by atoms with E-state index in [1.165, 1.54) is 3.57 Å². The zero-order chi connectivity index (χ0) is 17.8. The molecule has 25 heavy (non-hydrogen) atoms. The summed E-state index contributed by atoms with van der Waals surface area (Å²) < 4.78 is 1.21. The molecule has 0 saturated carbocycles. The fourth-order valence-corrected chi connectivity index (χ4v) is 3.35. The normalized spacial score (nSPS) is 11.0. The van der Waals surface area contributed by atoms with Gasteiger partial charge in [-0.05, 0) is 82.5 Å². The molecule has 3 aromatic carbocycles. The van der Waals surface area contributed by atoms with Crippen LogP contribution in [0.3, 0.4) is 0 Å². The molecule has 0 amide bonds. The summed E-state index contributed by atoms with van der Waals surface area (Å²) in [5.74, 6) is 0.0966. The average Bonchev–Trinajstić information content (AvgIpc) is 2.60. The Morgan fingerprint density at radius 1 is 0.880 bits per heavy atom. The molecule has 0 heterocycles. The van der Waals surface area contributed by atoms with Crippen LogP contribution in [0.2, 0.25) is 0 Å². The number of hydrogen-bond acceptors (Lipinski definition) is 1. The first-order valence-electron chi connectivity index (χ1n) is 8.19. The SMILES string of the molecule is CC(=O)c1c(C)cc(-c2ccc(I)cc2)cc1/C=C/c1ccccc1. The lowest BCUT2D eigenvalue weighted by Gasteiger charge is -2.11. The van der Waals surface area contributed by atoms with Gasteiger partial charge < -0.3 is 0 Å². The number of halogens is 1. The second-order valence-electron chi connectivity index (χ2n) is 6.06. The topological polar surface area (TPSA) is 17.1 Å². The van der Waals surface area contributed by atoms with E-state index in [-0.39, 0.29) is 5.78 Å². The standard InChI is InChI=1S/C23H19IO/c1-16-14-21(19-10-12-22(24)13-11-19)15-20(23(16)17(2)25)9-8-18-6-4-3-5-7-18/h3-15H,1-2H3/b9-8+. The number of ketones is 1. The molecular formula is C23H19IO. The van der Waals surface area contributed by atoms with Crippen molar-refractivity contribution in [3.8, 4) is 11.1 Å². The maximum Gasteiger partial charge on any atom is 0.160 e. The van der Waals surface area contributed by atoms with Gasteiger partial charge in [0.1, 0.15) is 0 Å². The van der Waals surface area contributed by atoms with Crippen molar-refractivity contribution in [2.75, 3.05) is 0 Å². The molecule has 0 bridgehead atoms. The quantitative estimate of drug-likeness (QED) is 0.254. The van der Waals surface area contributed by atoms with Crippen molar-refractivity contribution >= 4 is 40.5 Å². The van der Waals surface area contributed by atoms with Gasteiger partial charge in [0.25, 0.3) is 0 Å². The van der Waals surface area contributed by atoms with Crippen LogP contribution in [0.25, 0.3) is 23.3 Å². The highest BCUT2D eigenvalue weighted by molar-refractivity contribution is 14.1. The average molecular weight is 438 g/mol. The van der Waals surface area contributed by atoms with Gasteiger partial charge >= 0.3 is 0 Å². The maximum absolute atomic E-state index is 12.2. The number of Topliss-reactive ketones (excluding diaryl/α,β-unsaturated/α-hetero) is 1. The van der Waals surface area contributed by atoms with E-state index in [2.05, 4.69) is 77.2 Å². The first-order valence-corrected chi connectivity index (χ1v) is 9.27. The lowest BCUT2D eigenvalue weighted by Crippen LogP contribution is -2.00. The molecule has 3 aromatic rings. The molecule has 0 spiro atoms. The zero-order valence-electron chi connectivity index (χ0n) is 14.3. The van der Waals surface area contributed by atoms with E-state index < -0.39 is 0 Å². The minimum Gasteiger partial charge on any atom is -0.294 e. The molecule has 0 saturated heterocycles. The molecular weight excluding hydrogens is 419 g/mol. The molecule has 0 fully saturated rings. The molecule has 0 atom stereocenters. The third-order valence-electron chi connectivity index (χ3n) is 4.15. The Bertz CT molecular complexity index is 922. The Morgan fingerprint density at radius 2 is 1.56 bits per heavy atom. The summed E-state index contributed by atoms with van der Waals surface area (Å²) in [6, 6.07) is 22.8. The third-order valence-corrected chi connectivity index (χ3v) is 4.87. The van der Waals surface area contributed by atoms with Gasteiger partial charge in [-0.2, -0.15) is 0 Å². The first kappa shape index (κ1) is 17.6. The van der Waals surface area contributed by atoms with E-state index in [0.717, 1.165) is 33.4 Å². The van der Waals surface area contributed by atoms with Crippen LogP contribution < -0.4 is 0 Å². The Morgan fingerprint density at radius 3 is 2.20 bits per heavy atom. The van der Waals surface area contributed by atoms with Crippen LogP contribution in [-0.2, 0) is 0 Å². The molecule has 0 unspecified atom stereocenters. The van der Waals surface area contributed by atoms with Gasteiger partial charge in [0.15, 0.2) is 5.78 Å². The molecule has 2 heteroatoms. The van der Waals surface area contributed by atoms with Gasteiger partial charge in [-0.3, -0.25) is 4.79 Å². The predicted octanol–water partition coefficient (Wildman–Crippen LogP) is 6.64. The summed E-state index contributed by atoms with van der Waals surface area (Å²) in [5.41, 5.74) is 6.18. The van der Waals surface area contributed by atoms with E-state index in [1.54, 1.807) is 6.92 Å². The minimum absolute atomic E-state index is 0.0966. The van der Waals surface area contributed by atoms with Crippen LogP contribution in [-0.4, -0.2) is 5.78 Å². The van der Waals surface area contributed by atoms with Crippen molar-refractivity contribution < 1.29 is 4.79 Å². The number of rotatable bonds is 4. The fourth-order valence-electron chi connectivity index (χ4n) is 2.99. The molecule has 0 radical (unpaired) electrons. The second-order valence-corrected chi connectivity index (χ2v) is 7.31. The number of carbonyl (C=O) groups is 1. The van der Waals surface area contributed by atoms with Crippen LogP contribution in [0.15, 0.2) is 66.7 Å². The first-order chi connectivity index (χ1) is 12.0. The highest BCUT2D eigenvalue weighted by Gasteiger charge is 2.11. The Kier molecular flexibility index (Phi) is 5.49. The van der Waals surface area contributed by atoms with Gasteiger partial charge in [-0.15, -0.1) is 0 Å². The van der Waals surface area contributed by atoms with E-state index >= 15 is 0 Å². The molecule has 0 aliphatic rings. The van der Waals surface area contributed by atoms with Gasteiger partial charge in [-0.1, -0.05) is 60.7 Å². The summed E-state index contributed by atoms with van der Waals surface area (Å²) in [6.45, 7) is 3.64. The molecule has 0 N–H and O–H groups in total. The van der Waals surface area contributed by atoms with Crippen molar-refractivity contribution in [1.82, 2.24) is 0 Å². The molecule has 0 aromatic heterocycles. The van der Waals surface area contributed by atoms with Gasteiger partial charge in [0, 0.05) is 9.13 Å². The maximum atomic E-state index is 12.2. The van der Waals surface area contributed by atoms with E-state index in [4.69, 9.17) is 0 Å². The summed E-state index contributed by atoms with van der Waals surface area (Å²) in [4.78, 5) is 12.2. The van der Waals surface area contributed by atoms with Crippen molar-refractivity contribution in [2.24, 2.45) is 0 Å². The Hall–Kier alpha value is -2.20. The van der Waals surface area contributed by atoms with Crippen molar-refractivity contribution in [2.45, 2.75) is 13.8 Å². The van der Waals surface area contributed by atoms with Crippen LogP contribution in [0.4, 0.5) is 0 Å². The minimum atomic E-state index is 0.0966. The van der Waals surface area contributed by atoms with Crippen LogP contribution in [0.1, 0.15) is 34.0 Å². The lowest BCUT2D eigenvalue weighted by molar-refractivity contribution is 0.101. The van der Waals surface area contributed by atoms with E-state index in [0.29, 0.717) is 0 Å². The second kappa shape index (κ2) is 7.79. The predicted molar refractivity (Wildman–Crippen MR) is 115 cm³/mol. The number of aryl methyl sites for hydroxylation is 1. The highest BCUT2D eigenvalue weighted by atomic mass is 127. The van der Waals surface area contributed by atoms with E-state index in [9.17, 15) is 4.79 Å². The summed E-state index contributed by atoms with van der Waals surface area (Å²) in [6.07, 6.45) is 4.09. The molecule has 1 nitrogen and oxygen atoms in total. The van der Waals surface area contributed by atoms with Gasteiger partial charge in [-0.25, -0.2) is 0 Å².